The Bertz CT molecular complexity index is 473. The highest BCUT2D eigenvalue weighted by atomic mass is 15.4. The zero-order valence-electron chi connectivity index (χ0n) is 8.94. The molecule has 0 atom stereocenters. The second kappa shape index (κ2) is 3.73. The van der Waals surface area contributed by atoms with E-state index in [0.29, 0.717) is 18.3 Å². The van der Waals surface area contributed by atoms with Crippen LogP contribution in [0.2, 0.25) is 0 Å². The first-order chi connectivity index (χ1) is 7.15. The number of nitrogen functional groups attached to an aromatic ring is 1. The lowest BCUT2D eigenvalue weighted by molar-refractivity contribution is 0.688. The lowest BCUT2D eigenvalue weighted by Crippen LogP contribution is -2.06. The maximum atomic E-state index is 5.72. The summed E-state index contributed by atoms with van der Waals surface area (Å²) in [4.78, 5) is 4.06. The molecule has 2 aromatic rings. The van der Waals surface area contributed by atoms with Gasteiger partial charge in [0, 0.05) is 0 Å². The van der Waals surface area contributed by atoms with Gasteiger partial charge in [-0.05, 0) is 19.4 Å². The number of nitrogens with zero attached hydrogens (tertiary/aromatic N) is 3. The fourth-order valence-electron chi connectivity index (χ4n) is 1.57. The van der Waals surface area contributed by atoms with E-state index in [1.165, 1.54) is 11.1 Å². The van der Waals surface area contributed by atoms with E-state index in [1.54, 1.807) is 4.68 Å². The van der Waals surface area contributed by atoms with Gasteiger partial charge in [0.1, 0.15) is 5.82 Å². The largest absolute Gasteiger partial charge is 0.368 e. The Balaban J connectivity index is 2.25. The summed E-state index contributed by atoms with van der Waals surface area (Å²) in [5, 5.41) is 4.22. The molecule has 78 valence electrons. The zero-order valence-corrected chi connectivity index (χ0v) is 8.94. The second-order valence-electron chi connectivity index (χ2n) is 3.66. The fourth-order valence-corrected chi connectivity index (χ4v) is 1.57. The molecular formula is C11H14N4. The molecule has 0 aliphatic heterocycles. The summed E-state index contributed by atoms with van der Waals surface area (Å²) >= 11 is 0. The lowest BCUT2D eigenvalue weighted by atomic mass is 10.1. The molecule has 0 saturated carbocycles. The molecule has 0 spiro atoms. The Hall–Kier alpha value is -1.84. The normalized spacial score (nSPS) is 10.5. The van der Waals surface area contributed by atoms with Crippen molar-refractivity contribution in [1.29, 1.82) is 0 Å². The summed E-state index contributed by atoms with van der Waals surface area (Å²) < 4.78 is 1.71. The fraction of sp³-hybridized carbons (Fsp3) is 0.273. The minimum Gasteiger partial charge on any atom is -0.368 e. The third-order valence-electron chi connectivity index (χ3n) is 2.22. The molecule has 4 heteroatoms. The summed E-state index contributed by atoms with van der Waals surface area (Å²) in [5.74, 6) is 1.18. The Morgan fingerprint density at radius 2 is 2.13 bits per heavy atom. The molecule has 1 aromatic heterocycles. The van der Waals surface area contributed by atoms with E-state index >= 15 is 0 Å². The van der Waals surface area contributed by atoms with Gasteiger partial charge in [-0.1, -0.05) is 29.8 Å². The summed E-state index contributed by atoms with van der Waals surface area (Å²) in [6.07, 6.45) is 0. The molecule has 0 fully saturated rings. The van der Waals surface area contributed by atoms with Gasteiger partial charge in [0.25, 0.3) is 0 Å². The Morgan fingerprint density at radius 1 is 1.33 bits per heavy atom. The quantitative estimate of drug-likeness (QED) is 0.803. The standard InChI is InChI=1S/C11H14N4/c1-8-4-3-5-10(6-8)7-15-11(12)13-9(2)14-15/h3-6H,7H2,1-2H3,(H2,12,13,14). The molecule has 1 aromatic carbocycles. The second-order valence-corrected chi connectivity index (χ2v) is 3.66. The van der Waals surface area contributed by atoms with Crippen molar-refractivity contribution >= 4 is 5.95 Å². The molecule has 0 aliphatic carbocycles. The van der Waals surface area contributed by atoms with Crippen LogP contribution >= 0.6 is 0 Å². The van der Waals surface area contributed by atoms with Crippen molar-refractivity contribution in [2.45, 2.75) is 20.4 Å². The molecule has 0 aliphatic rings. The van der Waals surface area contributed by atoms with Crippen LogP contribution in [0.5, 0.6) is 0 Å². The molecule has 4 nitrogen and oxygen atoms in total. The SMILES string of the molecule is Cc1cccc(Cn2nc(C)nc2N)c1. The number of benzene rings is 1. The van der Waals surface area contributed by atoms with Crippen molar-refractivity contribution in [3.63, 3.8) is 0 Å². The van der Waals surface area contributed by atoms with Crippen LogP contribution in [-0.2, 0) is 6.54 Å². The molecule has 0 unspecified atom stereocenters. The molecule has 0 bridgehead atoms. The van der Waals surface area contributed by atoms with Crippen LogP contribution in [0.3, 0.4) is 0 Å². The summed E-state index contributed by atoms with van der Waals surface area (Å²) in [6, 6.07) is 8.28. The van der Waals surface area contributed by atoms with Gasteiger partial charge >= 0.3 is 0 Å². The van der Waals surface area contributed by atoms with E-state index in [9.17, 15) is 0 Å². The highest BCUT2D eigenvalue weighted by molar-refractivity contribution is 5.24. The lowest BCUT2D eigenvalue weighted by Gasteiger charge is -2.03. The first-order valence-electron chi connectivity index (χ1n) is 4.87. The monoisotopic (exact) mass is 202 g/mol. The van der Waals surface area contributed by atoms with E-state index in [2.05, 4.69) is 35.2 Å². The van der Waals surface area contributed by atoms with Crippen LogP contribution < -0.4 is 5.73 Å². The number of aromatic nitrogens is 3. The van der Waals surface area contributed by atoms with E-state index < -0.39 is 0 Å². The van der Waals surface area contributed by atoms with E-state index in [0.717, 1.165) is 0 Å². The number of nitrogens with two attached hydrogens (primary N) is 1. The van der Waals surface area contributed by atoms with Gasteiger partial charge in [-0.2, -0.15) is 10.1 Å². The predicted molar refractivity (Wildman–Crippen MR) is 59.5 cm³/mol. The first-order valence-corrected chi connectivity index (χ1v) is 4.87. The van der Waals surface area contributed by atoms with Crippen LogP contribution in [0.4, 0.5) is 5.95 Å². The number of anilines is 1. The molecule has 15 heavy (non-hydrogen) atoms. The van der Waals surface area contributed by atoms with Gasteiger partial charge in [0.15, 0.2) is 0 Å². The van der Waals surface area contributed by atoms with Crippen molar-refractivity contribution in [3.8, 4) is 0 Å². The van der Waals surface area contributed by atoms with Gasteiger partial charge in [-0.3, -0.25) is 0 Å². The van der Waals surface area contributed by atoms with Gasteiger partial charge in [0.05, 0.1) is 6.54 Å². The van der Waals surface area contributed by atoms with Crippen molar-refractivity contribution < 1.29 is 0 Å². The van der Waals surface area contributed by atoms with Gasteiger partial charge < -0.3 is 5.73 Å². The molecule has 0 saturated heterocycles. The maximum absolute atomic E-state index is 5.72. The van der Waals surface area contributed by atoms with E-state index in [-0.39, 0.29) is 0 Å². The molecule has 0 amide bonds. The molecule has 1 heterocycles. The third kappa shape index (κ3) is 2.15. The Morgan fingerprint density at radius 3 is 2.73 bits per heavy atom. The van der Waals surface area contributed by atoms with Crippen molar-refractivity contribution in [2.75, 3.05) is 5.73 Å². The van der Waals surface area contributed by atoms with E-state index in [1.807, 2.05) is 13.0 Å². The number of aryl methyl sites for hydroxylation is 2. The average molecular weight is 202 g/mol. The van der Waals surface area contributed by atoms with Gasteiger partial charge in [0.2, 0.25) is 5.95 Å². The molecule has 2 N–H and O–H groups in total. The van der Waals surface area contributed by atoms with E-state index in [4.69, 9.17) is 5.73 Å². The van der Waals surface area contributed by atoms with Crippen LogP contribution in [-0.4, -0.2) is 14.8 Å². The van der Waals surface area contributed by atoms with Gasteiger partial charge in [-0.25, -0.2) is 4.68 Å². The number of hydrogen-bond acceptors (Lipinski definition) is 3. The Kier molecular flexibility index (Phi) is 2.41. The van der Waals surface area contributed by atoms with Crippen LogP contribution in [0.25, 0.3) is 0 Å². The maximum Gasteiger partial charge on any atom is 0.219 e. The minimum atomic E-state index is 0.467. The molecule has 0 radical (unpaired) electrons. The first kappa shape index (κ1) is 9.71. The molecule has 2 rings (SSSR count). The summed E-state index contributed by atoms with van der Waals surface area (Å²) in [5.41, 5.74) is 8.14. The molecular weight excluding hydrogens is 188 g/mol. The topological polar surface area (TPSA) is 56.7 Å². The minimum absolute atomic E-state index is 0.467. The van der Waals surface area contributed by atoms with Crippen molar-refractivity contribution in [1.82, 2.24) is 14.8 Å². The van der Waals surface area contributed by atoms with Crippen LogP contribution in [0.1, 0.15) is 17.0 Å². The zero-order chi connectivity index (χ0) is 10.8. The highest BCUT2D eigenvalue weighted by Gasteiger charge is 2.03. The smallest absolute Gasteiger partial charge is 0.219 e. The highest BCUT2D eigenvalue weighted by Crippen LogP contribution is 2.08. The predicted octanol–water partition coefficient (Wildman–Crippen LogP) is 1.53. The third-order valence-corrected chi connectivity index (χ3v) is 2.22. The van der Waals surface area contributed by atoms with Gasteiger partial charge in [-0.15, -0.1) is 0 Å². The van der Waals surface area contributed by atoms with Crippen molar-refractivity contribution in [3.05, 3.63) is 41.2 Å². The average Bonchev–Trinajstić information content (AvgIpc) is 2.45. The Labute approximate surface area is 88.8 Å². The summed E-state index contributed by atoms with van der Waals surface area (Å²) in [7, 11) is 0. The number of rotatable bonds is 2. The summed E-state index contributed by atoms with van der Waals surface area (Å²) in [6.45, 7) is 4.58. The van der Waals surface area contributed by atoms with Crippen LogP contribution in [0, 0.1) is 13.8 Å². The number of hydrogen-bond donors (Lipinski definition) is 1. The van der Waals surface area contributed by atoms with Crippen LogP contribution in [0.15, 0.2) is 24.3 Å². The van der Waals surface area contributed by atoms with Crippen molar-refractivity contribution in [2.24, 2.45) is 0 Å².